The molecular formula is C17H23N5. The van der Waals surface area contributed by atoms with Crippen LogP contribution in [0.1, 0.15) is 35.6 Å². The third kappa shape index (κ3) is 3.54. The summed E-state index contributed by atoms with van der Waals surface area (Å²) in [5.41, 5.74) is 15.3. The first-order chi connectivity index (χ1) is 10.6. The second kappa shape index (κ2) is 6.32. The van der Waals surface area contributed by atoms with Crippen molar-refractivity contribution in [2.75, 3.05) is 17.6 Å². The molecule has 1 aliphatic rings. The van der Waals surface area contributed by atoms with E-state index in [1.807, 2.05) is 6.07 Å². The lowest BCUT2D eigenvalue weighted by atomic mass is 9.78. The maximum absolute atomic E-state index is 5.85. The molecule has 3 rings (SSSR count). The Bertz CT molecular complexity index is 632. The molecule has 0 bridgehead atoms. The van der Waals surface area contributed by atoms with Crippen molar-refractivity contribution in [3.8, 4) is 0 Å². The van der Waals surface area contributed by atoms with Gasteiger partial charge in [0.15, 0.2) is 0 Å². The van der Waals surface area contributed by atoms with Gasteiger partial charge >= 0.3 is 0 Å². The van der Waals surface area contributed by atoms with Crippen LogP contribution >= 0.6 is 0 Å². The first kappa shape index (κ1) is 14.8. The van der Waals surface area contributed by atoms with Crippen LogP contribution in [0.4, 0.5) is 11.8 Å². The Hall–Kier alpha value is -2.14. The number of nitrogens with two attached hydrogens (primary N) is 2. The third-order valence-electron chi connectivity index (χ3n) is 4.20. The van der Waals surface area contributed by atoms with E-state index in [0.717, 1.165) is 37.3 Å². The number of benzene rings is 1. The Morgan fingerprint density at radius 2 is 1.91 bits per heavy atom. The summed E-state index contributed by atoms with van der Waals surface area (Å²) in [4.78, 5) is 8.60. The zero-order valence-electron chi connectivity index (χ0n) is 12.9. The average Bonchev–Trinajstić information content (AvgIpc) is 2.45. The van der Waals surface area contributed by atoms with Gasteiger partial charge in [-0.2, -0.15) is 4.98 Å². The SMILES string of the molecule is Cc1ccc(CCNc2cc(C3CC(N)C3)nc(N)n2)cc1. The van der Waals surface area contributed by atoms with Gasteiger partial charge in [0, 0.05) is 24.6 Å². The molecule has 0 atom stereocenters. The van der Waals surface area contributed by atoms with Gasteiger partial charge in [0.25, 0.3) is 0 Å². The van der Waals surface area contributed by atoms with Gasteiger partial charge in [0.1, 0.15) is 5.82 Å². The molecule has 1 aromatic heterocycles. The number of aryl methyl sites for hydroxylation is 1. The number of anilines is 2. The summed E-state index contributed by atoms with van der Waals surface area (Å²) >= 11 is 0. The van der Waals surface area contributed by atoms with E-state index < -0.39 is 0 Å². The maximum atomic E-state index is 5.85. The molecule has 1 saturated carbocycles. The highest BCUT2D eigenvalue weighted by atomic mass is 15.1. The number of nitrogens with zero attached hydrogens (tertiary/aromatic N) is 2. The second-order valence-electron chi connectivity index (χ2n) is 6.13. The fourth-order valence-electron chi connectivity index (χ4n) is 2.78. The fourth-order valence-corrected chi connectivity index (χ4v) is 2.78. The molecular weight excluding hydrogens is 274 g/mol. The standard InChI is InChI=1S/C17H23N5/c1-11-2-4-12(5-3-11)6-7-20-16-10-15(21-17(19)22-16)13-8-14(18)9-13/h2-5,10,13-14H,6-9,18H2,1H3,(H3,19,20,21,22). The molecule has 2 aromatic rings. The minimum atomic E-state index is 0.305. The summed E-state index contributed by atoms with van der Waals surface area (Å²) in [6.45, 7) is 2.92. The average molecular weight is 297 g/mol. The quantitative estimate of drug-likeness (QED) is 0.787. The van der Waals surface area contributed by atoms with Gasteiger partial charge in [-0.3, -0.25) is 0 Å². The number of hydrogen-bond acceptors (Lipinski definition) is 5. The van der Waals surface area contributed by atoms with Crippen molar-refractivity contribution in [2.45, 2.75) is 38.1 Å². The van der Waals surface area contributed by atoms with E-state index in [0.29, 0.717) is 17.9 Å². The van der Waals surface area contributed by atoms with Crippen LogP contribution in [0.15, 0.2) is 30.3 Å². The van der Waals surface area contributed by atoms with Crippen LogP contribution in [0.2, 0.25) is 0 Å². The zero-order valence-corrected chi connectivity index (χ0v) is 12.9. The smallest absolute Gasteiger partial charge is 0.222 e. The zero-order chi connectivity index (χ0) is 15.5. The molecule has 1 heterocycles. The fraction of sp³-hybridized carbons (Fsp3) is 0.412. The highest BCUT2D eigenvalue weighted by Gasteiger charge is 2.29. The lowest BCUT2D eigenvalue weighted by Gasteiger charge is -2.32. The van der Waals surface area contributed by atoms with Gasteiger partial charge in [-0.1, -0.05) is 29.8 Å². The van der Waals surface area contributed by atoms with Gasteiger partial charge in [-0.25, -0.2) is 4.98 Å². The topological polar surface area (TPSA) is 89.8 Å². The van der Waals surface area contributed by atoms with Crippen molar-refractivity contribution in [3.05, 3.63) is 47.2 Å². The van der Waals surface area contributed by atoms with Gasteiger partial charge in [-0.05, 0) is 31.7 Å². The van der Waals surface area contributed by atoms with Crippen molar-refractivity contribution in [3.63, 3.8) is 0 Å². The van der Waals surface area contributed by atoms with Crippen molar-refractivity contribution in [1.82, 2.24) is 9.97 Å². The second-order valence-corrected chi connectivity index (χ2v) is 6.13. The maximum Gasteiger partial charge on any atom is 0.222 e. The van der Waals surface area contributed by atoms with Crippen LogP contribution < -0.4 is 16.8 Å². The summed E-state index contributed by atoms with van der Waals surface area (Å²) in [7, 11) is 0. The molecule has 0 spiro atoms. The third-order valence-corrected chi connectivity index (χ3v) is 4.20. The van der Waals surface area contributed by atoms with E-state index in [1.165, 1.54) is 11.1 Å². The Balaban J connectivity index is 1.59. The molecule has 5 N–H and O–H groups in total. The molecule has 22 heavy (non-hydrogen) atoms. The Morgan fingerprint density at radius 3 is 2.59 bits per heavy atom. The van der Waals surface area contributed by atoms with E-state index in [9.17, 15) is 0 Å². The predicted octanol–water partition coefficient (Wildman–Crippen LogP) is 2.23. The number of hydrogen-bond donors (Lipinski definition) is 3. The highest BCUT2D eigenvalue weighted by molar-refractivity contribution is 5.42. The van der Waals surface area contributed by atoms with Crippen LogP contribution in [0.5, 0.6) is 0 Å². The summed E-state index contributed by atoms with van der Waals surface area (Å²) in [6, 6.07) is 10.9. The highest BCUT2D eigenvalue weighted by Crippen LogP contribution is 2.35. The monoisotopic (exact) mass is 297 g/mol. The first-order valence-electron chi connectivity index (χ1n) is 7.79. The molecule has 0 amide bonds. The molecule has 5 nitrogen and oxygen atoms in total. The molecule has 116 valence electrons. The van der Waals surface area contributed by atoms with E-state index >= 15 is 0 Å². The van der Waals surface area contributed by atoms with Gasteiger partial charge in [-0.15, -0.1) is 0 Å². The van der Waals surface area contributed by atoms with E-state index in [-0.39, 0.29) is 0 Å². The molecule has 1 aliphatic carbocycles. The van der Waals surface area contributed by atoms with Crippen molar-refractivity contribution in [2.24, 2.45) is 5.73 Å². The largest absolute Gasteiger partial charge is 0.370 e. The molecule has 5 heteroatoms. The summed E-state index contributed by atoms with van der Waals surface area (Å²) in [5, 5.41) is 3.34. The number of rotatable bonds is 5. The van der Waals surface area contributed by atoms with Crippen molar-refractivity contribution >= 4 is 11.8 Å². The van der Waals surface area contributed by atoms with E-state index in [1.54, 1.807) is 0 Å². The van der Waals surface area contributed by atoms with Crippen LogP contribution in [0.3, 0.4) is 0 Å². The van der Waals surface area contributed by atoms with Crippen LogP contribution in [-0.4, -0.2) is 22.6 Å². The summed E-state index contributed by atoms with van der Waals surface area (Å²) < 4.78 is 0. The van der Waals surface area contributed by atoms with Crippen molar-refractivity contribution < 1.29 is 0 Å². The minimum Gasteiger partial charge on any atom is -0.370 e. The normalized spacial score (nSPS) is 20.5. The predicted molar refractivity (Wildman–Crippen MR) is 89.8 cm³/mol. The molecule has 0 radical (unpaired) electrons. The number of nitrogens with one attached hydrogen (secondary N) is 1. The van der Waals surface area contributed by atoms with E-state index in [2.05, 4.69) is 46.5 Å². The van der Waals surface area contributed by atoms with Crippen LogP contribution in [0.25, 0.3) is 0 Å². The van der Waals surface area contributed by atoms with Crippen LogP contribution in [0, 0.1) is 6.92 Å². The lowest BCUT2D eigenvalue weighted by Crippen LogP contribution is -2.35. The van der Waals surface area contributed by atoms with Gasteiger partial charge < -0.3 is 16.8 Å². The van der Waals surface area contributed by atoms with Crippen molar-refractivity contribution in [1.29, 1.82) is 0 Å². The first-order valence-corrected chi connectivity index (χ1v) is 7.79. The molecule has 1 fully saturated rings. The van der Waals surface area contributed by atoms with E-state index in [4.69, 9.17) is 11.5 Å². The Labute approximate surface area is 131 Å². The molecule has 0 unspecified atom stereocenters. The molecule has 0 saturated heterocycles. The Kier molecular flexibility index (Phi) is 4.24. The minimum absolute atomic E-state index is 0.305. The molecule has 0 aliphatic heterocycles. The van der Waals surface area contributed by atoms with Gasteiger partial charge in [0.2, 0.25) is 5.95 Å². The van der Waals surface area contributed by atoms with Crippen LogP contribution in [-0.2, 0) is 6.42 Å². The number of nitrogen functional groups attached to an aromatic ring is 1. The Morgan fingerprint density at radius 1 is 1.18 bits per heavy atom. The number of aromatic nitrogens is 2. The van der Waals surface area contributed by atoms with Gasteiger partial charge in [0.05, 0.1) is 5.69 Å². The lowest BCUT2D eigenvalue weighted by molar-refractivity contribution is 0.345. The summed E-state index contributed by atoms with van der Waals surface area (Å²) in [6.07, 6.45) is 2.92. The summed E-state index contributed by atoms with van der Waals surface area (Å²) in [5.74, 6) is 1.56. The molecule has 1 aromatic carbocycles.